The number of nitrogens with zero attached hydrogens (tertiary/aromatic N) is 4. The Morgan fingerprint density at radius 1 is 1.19 bits per heavy atom. The molecule has 0 radical (unpaired) electrons. The molecule has 0 aliphatic carbocycles. The van der Waals surface area contributed by atoms with E-state index in [2.05, 4.69) is 21.8 Å². The van der Waals surface area contributed by atoms with Gasteiger partial charge in [0.2, 0.25) is 5.91 Å². The van der Waals surface area contributed by atoms with Crippen molar-refractivity contribution in [2.75, 3.05) is 30.4 Å². The number of hydrogen-bond donors (Lipinski definition) is 1. The zero-order valence-electron chi connectivity index (χ0n) is 17.9. The van der Waals surface area contributed by atoms with Crippen LogP contribution in [0, 0.1) is 0 Å². The van der Waals surface area contributed by atoms with Gasteiger partial charge in [-0.15, -0.1) is 6.58 Å². The van der Waals surface area contributed by atoms with Gasteiger partial charge in [0.25, 0.3) is 5.56 Å². The molecule has 0 spiro atoms. The first-order valence-electron chi connectivity index (χ1n) is 10.5. The van der Waals surface area contributed by atoms with Crippen LogP contribution in [0.5, 0.6) is 5.75 Å². The van der Waals surface area contributed by atoms with Crippen LogP contribution in [0.2, 0.25) is 0 Å². The zero-order valence-corrected chi connectivity index (χ0v) is 18.7. The number of ether oxygens (including phenoxy) is 1. The molecule has 1 N–H and O–H groups in total. The summed E-state index contributed by atoms with van der Waals surface area (Å²) in [7, 11) is 1.56. The number of piperidine rings is 1. The monoisotopic (exact) mass is 455 g/mol. The van der Waals surface area contributed by atoms with Gasteiger partial charge >= 0.3 is 5.69 Å². The third kappa shape index (κ3) is 4.31. The van der Waals surface area contributed by atoms with Crippen molar-refractivity contribution in [3.63, 3.8) is 0 Å². The Labute approximate surface area is 188 Å². The lowest BCUT2D eigenvalue weighted by Gasteiger charge is -2.25. The average Bonchev–Trinajstić information content (AvgIpc) is 3.26. The van der Waals surface area contributed by atoms with E-state index in [1.807, 2.05) is 0 Å². The maximum Gasteiger partial charge on any atom is 0.333 e. The minimum absolute atomic E-state index is 0.0602. The minimum atomic E-state index is -0.581. The molecule has 9 nitrogen and oxygen atoms in total. The van der Waals surface area contributed by atoms with E-state index in [0.717, 1.165) is 30.5 Å². The highest BCUT2D eigenvalue weighted by Crippen LogP contribution is 2.28. The highest BCUT2D eigenvalue weighted by molar-refractivity contribution is 7.22. The maximum absolute atomic E-state index is 13.1. The zero-order chi connectivity index (χ0) is 22.7. The highest BCUT2D eigenvalue weighted by Gasteiger charge is 2.22. The molecule has 0 atom stereocenters. The van der Waals surface area contributed by atoms with Crippen molar-refractivity contribution in [2.24, 2.45) is 0 Å². The van der Waals surface area contributed by atoms with Gasteiger partial charge < -0.3 is 15.0 Å². The first-order valence-corrected chi connectivity index (χ1v) is 11.3. The molecule has 1 saturated heterocycles. The van der Waals surface area contributed by atoms with Gasteiger partial charge in [-0.2, -0.15) is 0 Å². The highest BCUT2D eigenvalue weighted by atomic mass is 32.1. The van der Waals surface area contributed by atoms with Gasteiger partial charge in [-0.3, -0.25) is 18.7 Å². The van der Waals surface area contributed by atoms with Crippen molar-refractivity contribution >= 4 is 38.4 Å². The summed E-state index contributed by atoms with van der Waals surface area (Å²) in [6.45, 7) is 5.17. The first kappa shape index (κ1) is 21.8. The minimum Gasteiger partial charge on any atom is -0.497 e. The van der Waals surface area contributed by atoms with Crippen LogP contribution in [-0.4, -0.2) is 40.2 Å². The van der Waals surface area contributed by atoms with Gasteiger partial charge in [0.1, 0.15) is 17.0 Å². The lowest BCUT2D eigenvalue weighted by Crippen LogP contribution is -2.41. The van der Waals surface area contributed by atoms with Crippen LogP contribution < -0.4 is 26.2 Å². The molecule has 3 heterocycles. The van der Waals surface area contributed by atoms with Gasteiger partial charge in [-0.25, -0.2) is 9.78 Å². The second-order valence-electron chi connectivity index (χ2n) is 7.55. The fourth-order valence-corrected chi connectivity index (χ4v) is 4.81. The Balaban J connectivity index is 1.71. The van der Waals surface area contributed by atoms with Gasteiger partial charge in [0.05, 0.1) is 7.11 Å². The molecule has 0 saturated carbocycles. The second kappa shape index (κ2) is 9.39. The summed E-state index contributed by atoms with van der Waals surface area (Å²) in [5.41, 5.74) is -0.164. The summed E-state index contributed by atoms with van der Waals surface area (Å²) in [4.78, 5) is 45.6. The summed E-state index contributed by atoms with van der Waals surface area (Å²) in [5.74, 6) is 0.278. The van der Waals surface area contributed by atoms with Crippen LogP contribution in [0.3, 0.4) is 0 Å². The number of allylic oxidation sites excluding steroid dienone is 1. The second-order valence-corrected chi connectivity index (χ2v) is 8.52. The Hall–Kier alpha value is -3.40. The van der Waals surface area contributed by atoms with E-state index in [4.69, 9.17) is 4.74 Å². The number of carbonyl (C=O) groups excluding carboxylic acids is 1. The number of benzene rings is 1. The van der Waals surface area contributed by atoms with Crippen LogP contribution in [0.25, 0.3) is 10.3 Å². The molecule has 1 aliphatic rings. The lowest BCUT2D eigenvalue weighted by atomic mass is 10.1. The van der Waals surface area contributed by atoms with Crippen molar-refractivity contribution in [1.29, 1.82) is 0 Å². The van der Waals surface area contributed by atoms with Gasteiger partial charge in [0.15, 0.2) is 10.8 Å². The molecule has 1 amide bonds. The van der Waals surface area contributed by atoms with Gasteiger partial charge in [-0.1, -0.05) is 17.4 Å². The summed E-state index contributed by atoms with van der Waals surface area (Å²) in [6.07, 6.45) is 4.79. The number of fused-ring (bicyclic) bond motifs is 1. The molecule has 2 aromatic heterocycles. The lowest BCUT2D eigenvalue weighted by molar-refractivity contribution is -0.116. The molecule has 3 aromatic rings. The molecular weight excluding hydrogens is 430 g/mol. The Morgan fingerprint density at radius 3 is 2.56 bits per heavy atom. The predicted molar refractivity (Wildman–Crippen MR) is 126 cm³/mol. The summed E-state index contributed by atoms with van der Waals surface area (Å²) in [6, 6.07) is 6.89. The summed E-state index contributed by atoms with van der Waals surface area (Å²) in [5, 5.41) is 3.48. The third-order valence-corrected chi connectivity index (χ3v) is 6.46. The number of anilines is 2. The summed E-state index contributed by atoms with van der Waals surface area (Å²) < 4.78 is 7.85. The topological polar surface area (TPSA) is 98.5 Å². The third-order valence-electron chi connectivity index (χ3n) is 5.37. The molecule has 32 heavy (non-hydrogen) atoms. The molecular formula is C22H25N5O4S. The van der Waals surface area contributed by atoms with E-state index < -0.39 is 17.2 Å². The van der Waals surface area contributed by atoms with Crippen LogP contribution in [0.1, 0.15) is 19.3 Å². The van der Waals surface area contributed by atoms with Gasteiger partial charge in [-0.05, 0) is 43.5 Å². The van der Waals surface area contributed by atoms with Gasteiger partial charge in [0, 0.05) is 25.3 Å². The number of methoxy groups -OCH3 is 1. The number of nitrogens with one attached hydrogen (secondary N) is 1. The Morgan fingerprint density at radius 2 is 1.91 bits per heavy atom. The van der Waals surface area contributed by atoms with E-state index >= 15 is 0 Å². The molecule has 1 fully saturated rings. The summed E-state index contributed by atoms with van der Waals surface area (Å²) >= 11 is 1.27. The van der Waals surface area contributed by atoms with Crippen molar-refractivity contribution < 1.29 is 9.53 Å². The van der Waals surface area contributed by atoms with Crippen LogP contribution >= 0.6 is 11.3 Å². The SMILES string of the molecule is C=CCn1c(=O)c2sc(N3CCCCC3)nc2n(CC(=O)Nc2ccc(OC)cc2)c1=O. The molecule has 0 bridgehead atoms. The van der Waals surface area contributed by atoms with Crippen molar-refractivity contribution in [3.8, 4) is 5.75 Å². The van der Waals surface area contributed by atoms with E-state index in [-0.39, 0.29) is 18.7 Å². The predicted octanol–water partition coefficient (Wildman–Crippen LogP) is 2.44. The molecule has 0 unspecified atom stereocenters. The largest absolute Gasteiger partial charge is 0.497 e. The number of thiazole rings is 1. The molecule has 10 heteroatoms. The van der Waals surface area contributed by atoms with E-state index in [1.165, 1.54) is 28.4 Å². The quantitative estimate of drug-likeness (QED) is 0.550. The first-order chi connectivity index (χ1) is 15.5. The normalized spacial score (nSPS) is 13.8. The standard InChI is InChI=1S/C22H25N5O4S/c1-3-11-26-20(29)18-19(24-21(32-18)25-12-5-4-6-13-25)27(22(26)30)14-17(28)23-15-7-9-16(31-2)10-8-15/h3,7-10H,1,4-6,11-14H2,2H3,(H,23,28). The maximum atomic E-state index is 13.1. The molecule has 1 aliphatic heterocycles. The van der Waals surface area contributed by atoms with Crippen LogP contribution in [0.15, 0.2) is 46.5 Å². The van der Waals surface area contributed by atoms with Crippen molar-refractivity contribution in [2.45, 2.75) is 32.4 Å². The van der Waals surface area contributed by atoms with Crippen molar-refractivity contribution in [3.05, 3.63) is 57.8 Å². The Kier molecular flexibility index (Phi) is 6.40. The number of rotatable bonds is 7. The number of amides is 1. The fourth-order valence-electron chi connectivity index (χ4n) is 3.74. The van der Waals surface area contributed by atoms with E-state index in [0.29, 0.717) is 21.3 Å². The average molecular weight is 456 g/mol. The van der Waals surface area contributed by atoms with Crippen LogP contribution in [-0.2, 0) is 17.9 Å². The molecule has 1 aromatic carbocycles. The Bertz CT molecular complexity index is 1250. The smallest absolute Gasteiger partial charge is 0.333 e. The molecule has 4 rings (SSSR count). The van der Waals surface area contributed by atoms with Crippen LogP contribution in [0.4, 0.5) is 10.8 Å². The number of aromatic nitrogens is 3. The molecule has 168 valence electrons. The number of carbonyl (C=O) groups is 1. The number of hydrogen-bond acceptors (Lipinski definition) is 7. The van der Waals surface area contributed by atoms with E-state index in [1.54, 1.807) is 31.4 Å². The van der Waals surface area contributed by atoms with E-state index in [9.17, 15) is 14.4 Å². The fraction of sp³-hybridized carbons (Fsp3) is 0.364. The van der Waals surface area contributed by atoms with Crippen molar-refractivity contribution in [1.82, 2.24) is 14.1 Å².